The lowest BCUT2D eigenvalue weighted by atomic mass is 9.95. The van der Waals surface area contributed by atoms with E-state index in [4.69, 9.17) is 4.98 Å². The summed E-state index contributed by atoms with van der Waals surface area (Å²) in [4.78, 5) is 5.33. The average Bonchev–Trinajstić information content (AvgIpc) is 3.82. The second kappa shape index (κ2) is 13.3. The quantitative estimate of drug-likeness (QED) is 0.167. The molecular formula is C53H34N2S. The molecule has 56 heavy (non-hydrogen) atoms. The average molecular weight is 731 g/mol. The van der Waals surface area contributed by atoms with E-state index in [1.54, 1.807) is 0 Å². The van der Waals surface area contributed by atoms with Gasteiger partial charge in [0.2, 0.25) is 0 Å². The lowest BCUT2D eigenvalue weighted by Gasteiger charge is -2.14. The standard InChI is InChI=1S/C53H34N2S/c1-5-16-35(17-6-1)39-30-45(37-20-9-3-10-21-37)53-46(31-39)42-24-13-14-26-49(42)55(53)41-28-29-44-51(34-41)56-50-27-15-25-43(52(44)50)48-33-40(36-18-7-2-8-19-36)32-47(54-48)38-22-11-4-12-23-38/h1-34H. The van der Waals surface area contributed by atoms with E-state index >= 15 is 0 Å². The number of hydrogen-bond donors (Lipinski definition) is 0. The number of fused-ring (bicyclic) bond motifs is 6. The molecule has 0 aliphatic heterocycles. The Morgan fingerprint density at radius 1 is 0.357 bits per heavy atom. The summed E-state index contributed by atoms with van der Waals surface area (Å²) in [6.07, 6.45) is 0. The van der Waals surface area contributed by atoms with E-state index in [0.717, 1.165) is 33.8 Å². The Bertz CT molecular complexity index is 3160. The molecule has 3 aromatic heterocycles. The lowest BCUT2D eigenvalue weighted by Crippen LogP contribution is -1.96. The van der Waals surface area contributed by atoms with Crippen molar-refractivity contribution in [3.05, 3.63) is 206 Å². The molecule has 0 atom stereocenters. The van der Waals surface area contributed by atoms with Crippen LogP contribution in [0.4, 0.5) is 0 Å². The molecule has 0 radical (unpaired) electrons. The van der Waals surface area contributed by atoms with Gasteiger partial charge < -0.3 is 4.57 Å². The molecule has 0 fully saturated rings. The van der Waals surface area contributed by atoms with Crippen LogP contribution in [0.25, 0.3) is 104 Å². The van der Waals surface area contributed by atoms with Crippen molar-refractivity contribution in [1.29, 1.82) is 0 Å². The summed E-state index contributed by atoms with van der Waals surface area (Å²) in [5.74, 6) is 0. The van der Waals surface area contributed by atoms with E-state index in [9.17, 15) is 0 Å². The van der Waals surface area contributed by atoms with Crippen molar-refractivity contribution in [3.63, 3.8) is 0 Å². The molecule has 3 heteroatoms. The molecule has 8 aromatic carbocycles. The zero-order chi connectivity index (χ0) is 37.0. The van der Waals surface area contributed by atoms with Gasteiger partial charge in [-0.15, -0.1) is 11.3 Å². The van der Waals surface area contributed by atoms with Crippen LogP contribution in [-0.2, 0) is 0 Å². The Hall–Kier alpha value is -7.07. The van der Waals surface area contributed by atoms with E-state index in [1.165, 1.54) is 69.8 Å². The summed E-state index contributed by atoms with van der Waals surface area (Å²) in [6, 6.07) is 74.4. The molecule has 262 valence electrons. The SMILES string of the molecule is c1ccc(-c2cc(-c3ccccc3)nc(-c3cccc4sc5cc(-n6c7ccccc7c7cc(-c8ccccc8)cc(-c8ccccc8)c76)ccc5c34)c2)cc1. The van der Waals surface area contributed by atoms with Gasteiger partial charge in [0, 0.05) is 53.3 Å². The molecule has 0 N–H and O–H groups in total. The number of para-hydroxylation sites is 1. The summed E-state index contributed by atoms with van der Waals surface area (Å²) in [7, 11) is 0. The van der Waals surface area contributed by atoms with Crippen LogP contribution in [0.2, 0.25) is 0 Å². The maximum absolute atomic E-state index is 5.33. The number of rotatable bonds is 6. The van der Waals surface area contributed by atoms with Gasteiger partial charge >= 0.3 is 0 Å². The molecule has 0 spiro atoms. The maximum atomic E-state index is 5.33. The van der Waals surface area contributed by atoms with Crippen molar-refractivity contribution in [2.45, 2.75) is 0 Å². The van der Waals surface area contributed by atoms with Crippen molar-refractivity contribution in [2.75, 3.05) is 0 Å². The summed E-state index contributed by atoms with van der Waals surface area (Å²) >= 11 is 1.85. The minimum absolute atomic E-state index is 0.969. The highest BCUT2D eigenvalue weighted by Crippen LogP contribution is 2.45. The van der Waals surface area contributed by atoms with Gasteiger partial charge in [0.15, 0.2) is 0 Å². The minimum Gasteiger partial charge on any atom is -0.309 e. The lowest BCUT2D eigenvalue weighted by molar-refractivity contribution is 1.19. The van der Waals surface area contributed by atoms with Gasteiger partial charge in [-0.05, 0) is 76.3 Å². The second-order valence-electron chi connectivity index (χ2n) is 14.3. The molecule has 11 rings (SSSR count). The number of hydrogen-bond acceptors (Lipinski definition) is 2. The molecule has 0 aliphatic carbocycles. The van der Waals surface area contributed by atoms with E-state index in [-0.39, 0.29) is 0 Å². The van der Waals surface area contributed by atoms with Crippen LogP contribution in [0.15, 0.2) is 206 Å². The maximum Gasteiger partial charge on any atom is 0.0722 e. The summed E-state index contributed by atoms with van der Waals surface area (Å²) in [6.45, 7) is 0. The fourth-order valence-electron chi connectivity index (χ4n) is 8.39. The third-order valence-electron chi connectivity index (χ3n) is 11.0. The monoisotopic (exact) mass is 730 g/mol. The first-order valence-electron chi connectivity index (χ1n) is 19.0. The van der Waals surface area contributed by atoms with Gasteiger partial charge in [-0.25, -0.2) is 4.98 Å². The van der Waals surface area contributed by atoms with Crippen LogP contribution in [0.3, 0.4) is 0 Å². The van der Waals surface area contributed by atoms with E-state index < -0.39 is 0 Å². The molecule has 0 saturated heterocycles. The summed E-state index contributed by atoms with van der Waals surface area (Å²) < 4.78 is 4.98. The Morgan fingerprint density at radius 2 is 0.964 bits per heavy atom. The molecule has 0 unspecified atom stereocenters. The number of benzene rings is 8. The molecule has 0 aliphatic rings. The van der Waals surface area contributed by atoms with E-state index in [0.29, 0.717) is 0 Å². The molecule has 0 amide bonds. The smallest absolute Gasteiger partial charge is 0.0722 e. The Balaban J connectivity index is 1.14. The number of thiophene rings is 1. The number of nitrogens with zero attached hydrogens (tertiary/aromatic N) is 2. The van der Waals surface area contributed by atoms with Gasteiger partial charge in [0.25, 0.3) is 0 Å². The highest BCUT2D eigenvalue weighted by molar-refractivity contribution is 7.26. The van der Waals surface area contributed by atoms with Crippen LogP contribution in [0.5, 0.6) is 0 Å². The van der Waals surface area contributed by atoms with Gasteiger partial charge in [-0.3, -0.25) is 0 Å². The second-order valence-corrected chi connectivity index (χ2v) is 15.4. The first-order valence-corrected chi connectivity index (χ1v) is 19.9. The zero-order valence-corrected chi connectivity index (χ0v) is 31.2. The van der Waals surface area contributed by atoms with Crippen LogP contribution >= 0.6 is 11.3 Å². The summed E-state index contributed by atoms with van der Waals surface area (Å²) in [5.41, 5.74) is 14.9. The fourth-order valence-corrected chi connectivity index (χ4v) is 9.56. The van der Waals surface area contributed by atoms with Gasteiger partial charge in [-0.2, -0.15) is 0 Å². The zero-order valence-electron chi connectivity index (χ0n) is 30.4. The van der Waals surface area contributed by atoms with Gasteiger partial charge in [0.1, 0.15) is 0 Å². The third-order valence-corrected chi connectivity index (χ3v) is 12.1. The van der Waals surface area contributed by atoms with Crippen molar-refractivity contribution in [1.82, 2.24) is 9.55 Å². The molecule has 3 heterocycles. The Kier molecular flexibility index (Phi) is 7.72. The van der Waals surface area contributed by atoms with E-state index in [1.807, 2.05) is 11.3 Å². The Labute approximate surface area is 329 Å². The predicted molar refractivity (Wildman–Crippen MR) is 239 cm³/mol. The number of aromatic nitrogens is 2. The van der Waals surface area contributed by atoms with Crippen LogP contribution in [0.1, 0.15) is 0 Å². The highest BCUT2D eigenvalue weighted by atomic mass is 32.1. The third kappa shape index (κ3) is 5.44. The molecule has 2 nitrogen and oxygen atoms in total. The Morgan fingerprint density at radius 3 is 1.68 bits per heavy atom. The molecule has 0 bridgehead atoms. The first-order chi connectivity index (χ1) is 27.8. The highest BCUT2D eigenvalue weighted by Gasteiger charge is 2.20. The van der Waals surface area contributed by atoms with E-state index in [2.05, 4.69) is 211 Å². The van der Waals surface area contributed by atoms with Gasteiger partial charge in [0.05, 0.1) is 22.4 Å². The van der Waals surface area contributed by atoms with Gasteiger partial charge in [-0.1, -0.05) is 158 Å². The fraction of sp³-hybridized carbons (Fsp3) is 0. The van der Waals surface area contributed by atoms with Crippen molar-refractivity contribution in [3.8, 4) is 61.6 Å². The van der Waals surface area contributed by atoms with Crippen LogP contribution in [0, 0.1) is 0 Å². The van der Waals surface area contributed by atoms with Crippen LogP contribution < -0.4 is 0 Å². The van der Waals surface area contributed by atoms with Crippen LogP contribution in [-0.4, -0.2) is 9.55 Å². The molecular weight excluding hydrogens is 697 g/mol. The van der Waals surface area contributed by atoms with Crippen molar-refractivity contribution in [2.24, 2.45) is 0 Å². The minimum atomic E-state index is 0.969. The normalized spacial score (nSPS) is 11.6. The van der Waals surface area contributed by atoms with Crippen molar-refractivity contribution >= 4 is 53.3 Å². The molecule has 0 saturated carbocycles. The van der Waals surface area contributed by atoms with Crippen molar-refractivity contribution < 1.29 is 0 Å². The topological polar surface area (TPSA) is 17.8 Å². The predicted octanol–water partition coefficient (Wildman–Crippen LogP) is 14.9. The first kappa shape index (κ1) is 32.4. The number of pyridine rings is 1. The summed E-state index contributed by atoms with van der Waals surface area (Å²) in [5, 5.41) is 4.98. The molecule has 11 aromatic rings. The largest absolute Gasteiger partial charge is 0.309 e.